The number of aromatic nitrogens is 1. The van der Waals surface area contributed by atoms with E-state index in [2.05, 4.69) is 11.1 Å². The molecule has 0 aliphatic heterocycles. The Balaban J connectivity index is 2.65. The molecule has 0 fully saturated rings. The van der Waals surface area contributed by atoms with Crippen molar-refractivity contribution in [3.63, 3.8) is 0 Å². The van der Waals surface area contributed by atoms with Crippen LogP contribution in [0.4, 0.5) is 0 Å². The Morgan fingerprint density at radius 1 is 1.14 bits per heavy atom. The van der Waals surface area contributed by atoms with Crippen molar-refractivity contribution < 1.29 is 4.74 Å². The van der Waals surface area contributed by atoms with Gasteiger partial charge < -0.3 is 4.74 Å². The summed E-state index contributed by atoms with van der Waals surface area (Å²) in [5.41, 5.74) is 0.998. The van der Waals surface area contributed by atoms with Crippen LogP contribution in [0.3, 0.4) is 0 Å². The molecular weight excluding hydrogens is 354 g/mol. The molecule has 1 atom stereocenters. The van der Waals surface area contributed by atoms with Crippen molar-refractivity contribution in [1.82, 2.24) is 4.98 Å². The molecule has 7 heteroatoms. The number of ether oxygens (including phenoxy) is 1. The summed E-state index contributed by atoms with van der Waals surface area (Å²) in [6.45, 7) is 0. The Kier molecular flexibility index (Phi) is 5.18. The molecule has 0 radical (unpaired) electrons. The lowest BCUT2D eigenvalue weighted by Gasteiger charge is -2.15. The SMILES string of the molecule is COc1cccc(C(C#N)c2c(Cl)c(Cl)nc(Cl)c2Cl)c1. The lowest BCUT2D eigenvalue weighted by Crippen LogP contribution is -2.03. The fourth-order valence-corrected chi connectivity index (χ4v) is 2.84. The summed E-state index contributed by atoms with van der Waals surface area (Å²) in [5.74, 6) is -0.121. The quantitative estimate of drug-likeness (QED) is 0.691. The molecule has 1 aromatic heterocycles. The fraction of sp³-hybridized carbons (Fsp3) is 0.143. The summed E-state index contributed by atoms with van der Waals surface area (Å²) in [4.78, 5) is 3.81. The normalized spacial score (nSPS) is 11.8. The average molecular weight is 362 g/mol. The molecule has 1 heterocycles. The minimum atomic E-state index is -0.738. The second-order valence-electron chi connectivity index (χ2n) is 4.07. The van der Waals surface area contributed by atoms with E-state index in [1.165, 1.54) is 0 Å². The standard InChI is InChI=1S/C14H8Cl4N2O/c1-21-8-4-2-3-7(5-8)9(6-19)10-11(15)13(17)20-14(18)12(10)16/h2-5,9H,1H3. The number of rotatable bonds is 3. The van der Waals surface area contributed by atoms with Crippen molar-refractivity contribution in [1.29, 1.82) is 5.26 Å². The summed E-state index contributed by atoms with van der Waals surface area (Å²) < 4.78 is 5.15. The molecule has 0 saturated heterocycles. The predicted molar refractivity (Wildman–Crippen MR) is 84.7 cm³/mol. The Morgan fingerprint density at radius 3 is 2.29 bits per heavy atom. The van der Waals surface area contributed by atoms with Gasteiger partial charge in [0.05, 0.1) is 29.1 Å². The minimum Gasteiger partial charge on any atom is -0.497 e. The Labute approximate surface area is 142 Å². The van der Waals surface area contributed by atoms with Crippen LogP contribution < -0.4 is 4.74 Å². The highest BCUT2D eigenvalue weighted by Gasteiger charge is 2.25. The highest BCUT2D eigenvalue weighted by atomic mass is 35.5. The van der Waals surface area contributed by atoms with Crippen LogP contribution in [0.1, 0.15) is 17.0 Å². The van der Waals surface area contributed by atoms with Crippen molar-refractivity contribution in [3.8, 4) is 11.8 Å². The molecule has 0 aliphatic carbocycles. The van der Waals surface area contributed by atoms with Crippen molar-refractivity contribution in [2.75, 3.05) is 7.11 Å². The zero-order valence-electron chi connectivity index (χ0n) is 10.7. The molecule has 108 valence electrons. The van der Waals surface area contributed by atoms with E-state index in [1.807, 2.05) is 0 Å². The number of hydrogen-bond donors (Lipinski definition) is 0. The predicted octanol–water partition coefficient (Wildman–Crippen LogP) is 5.36. The van der Waals surface area contributed by atoms with E-state index in [0.717, 1.165) is 0 Å². The number of halogens is 4. The maximum absolute atomic E-state index is 9.51. The minimum absolute atomic E-state index is 0.00390. The first-order valence-corrected chi connectivity index (χ1v) is 7.24. The molecule has 21 heavy (non-hydrogen) atoms. The summed E-state index contributed by atoms with van der Waals surface area (Å²) in [6.07, 6.45) is 0. The van der Waals surface area contributed by atoms with Crippen molar-refractivity contribution >= 4 is 46.4 Å². The molecule has 0 amide bonds. The van der Waals surface area contributed by atoms with Gasteiger partial charge in [0.15, 0.2) is 0 Å². The lowest BCUT2D eigenvalue weighted by atomic mass is 9.93. The number of hydrogen-bond acceptors (Lipinski definition) is 3. The number of methoxy groups -OCH3 is 1. The van der Waals surface area contributed by atoms with E-state index in [1.54, 1.807) is 31.4 Å². The fourth-order valence-electron chi connectivity index (χ4n) is 1.88. The third-order valence-electron chi connectivity index (χ3n) is 2.88. The molecule has 1 aromatic carbocycles. The Bertz CT molecular complexity index is 701. The van der Waals surface area contributed by atoms with Gasteiger partial charge in [-0.25, -0.2) is 4.98 Å². The highest BCUT2D eigenvalue weighted by molar-refractivity contribution is 6.46. The lowest BCUT2D eigenvalue weighted by molar-refractivity contribution is 0.414. The van der Waals surface area contributed by atoms with E-state index in [-0.39, 0.29) is 20.4 Å². The van der Waals surface area contributed by atoms with Gasteiger partial charge >= 0.3 is 0 Å². The summed E-state index contributed by atoms with van der Waals surface area (Å²) in [7, 11) is 1.54. The summed E-state index contributed by atoms with van der Waals surface area (Å²) in [5, 5.41) is 9.74. The van der Waals surface area contributed by atoms with Crippen LogP contribution in [0.2, 0.25) is 20.4 Å². The first-order valence-electron chi connectivity index (χ1n) is 5.73. The molecule has 0 bridgehead atoms. The summed E-state index contributed by atoms with van der Waals surface area (Å²) >= 11 is 24.1. The van der Waals surface area contributed by atoms with Gasteiger partial charge in [-0.1, -0.05) is 58.5 Å². The monoisotopic (exact) mass is 360 g/mol. The molecule has 2 aromatic rings. The smallest absolute Gasteiger partial charge is 0.149 e. The maximum atomic E-state index is 9.51. The molecular formula is C14H8Cl4N2O. The topological polar surface area (TPSA) is 45.9 Å². The van der Waals surface area contributed by atoms with Crippen LogP contribution in [0, 0.1) is 11.3 Å². The average Bonchev–Trinajstić information content (AvgIpc) is 2.49. The molecule has 1 unspecified atom stereocenters. The highest BCUT2D eigenvalue weighted by Crippen LogP contribution is 2.41. The van der Waals surface area contributed by atoms with Gasteiger partial charge in [-0.05, 0) is 17.7 Å². The van der Waals surface area contributed by atoms with E-state index in [9.17, 15) is 5.26 Å². The molecule has 0 aliphatic rings. The Morgan fingerprint density at radius 2 is 1.76 bits per heavy atom. The van der Waals surface area contributed by atoms with E-state index >= 15 is 0 Å². The van der Waals surface area contributed by atoms with Crippen LogP contribution in [0.25, 0.3) is 0 Å². The first kappa shape index (κ1) is 16.2. The van der Waals surface area contributed by atoms with E-state index < -0.39 is 5.92 Å². The zero-order chi connectivity index (χ0) is 15.6. The van der Waals surface area contributed by atoms with Crippen LogP contribution in [-0.2, 0) is 0 Å². The van der Waals surface area contributed by atoms with E-state index in [4.69, 9.17) is 51.1 Å². The van der Waals surface area contributed by atoms with Gasteiger partial charge in [0.1, 0.15) is 16.1 Å². The van der Waals surface area contributed by atoms with Crippen molar-refractivity contribution in [2.24, 2.45) is 0 Å². The van der Waals surface area contributed by atoms with Gasteiger partial charge in [0.25, 0.3) is 0 Å². The Hall–Kier alpha value is -1.18. The molecule has 0 spiro atoms. The number of nitrogens with zero attached hydrogens (tertiary/aromatic N) is 2. The van der Waals surface area contributed by atoms with Gasteiger partial charge in [0, 0.05) is 5.56 Å². The molecule has 2 rings (SSSR count). The van der Waals surface area contributed by atoms with Crippen molar-refractivity contribution in [2.45, 2.75) is 5.92 Å². The van der Waals surface area contributed by atoms with E-state index in [0.29, 0.717) is 16.9 Å². The molecule has 0 N–H and O–H groups in total. The van der Waals surface area contributed by atoms with Gasteiger partial charge in [-0.15, -0.1) is 0 Å². The van der Waals surface area contributed by atoms with Gasteiger partial charge in [0.2, 0.25) is 0 Å². The van der Waals surface area contributed by atoms with Crippen LogP contribution in [0.15, 0.2) is 24.3 Å². The summed E-state index contributed by atoms with van der Waals surface area (Å²) in [6, 6.07) is 9.19. The van der Waals surface area contributed by atoms with Crippen LogP contribution in [-0.4, -0.2) is 12.1 Å². The molecule has 0 saturated carbocycles. The largest absolute Gasteiger partial charge is 0.497 e. The third-order valence-corrected chi connectivity index (χ3v) is 4.38. The number of nitriles is 1. The second-order valence-corrected chi connectivity index (χ2v) is 5.55. The third kappa shape index (κ3) is 3.20. The second kappa shape index (κ2) is 6.72. The maximum Gasteiger partial charge on any atom is 0.149 e. The number of pyridine rings is 1. The van der Waals surface area contributed by atoms with Crippen LogP contribution >= 0.6 is 46.4 Å². The van der Waals surface area contributed by atoms with Crippen molar-refractivity contribution in [3.05, 3.63) is 55.7 Å². The first-order chi connectivity index (χ1) is 9.99. The molecule has 3 nitrogen and oxygen atoms in total. The van der Waals surface area contributed by atoms with Gasteiger partial charge in [-0.3, -0.25) is 0 Å². The van der Waals surface area contributed by atoms with Gasteiger partial charge in [-0.2, -0.15) is 5.26 Å². The number of benzene rings is 1. The van der Waals surface area contributed by atoms with Crippen LogP contribution in [0.5, 0.6) is 5.75 Å². The zero-order valence-corrected chi connectivity index (χ0v) is 13.7.